The van der Waals surface area contributed by atoms with Crippen LogP contribution in [-0.4, -0.2) is 36.3 Å². The molecule has 5 nitrogen and oxygen atoms in total. The van der Waals surface area contributed by atoms with Gasteiger partial charge in [-0.25, -0.2) is 0 Å². The highest BCUT2D eigenvalue weighted by Gasteiger charge is 2.13. The molecule has 0 aromatic heterocycles. The second-order valence-corrected chi connectivity index (χ2v) is 5.26. The van der Waals surface area contributed by atoms with Crippen LogP contribution in [0.3, 0.4) is 0 Å². The van der Waals surface area contributed by atoms with Gasteiger partial charge in [0.2, 0.25) is 11.8 Å². The molecule has 0 spiro atoms. The average molecular weight is 298 g/mol. The Morgan fingerprint density at radius 2 is 2.15 bits per heavy atom. The van der Waals surface area contributed by atoms with E-state index < -0.39 is 0 Å². The van der Waals surface area contributed by atoms with Crippen LogP contribution in [0.25, 0.3) is 0 Å². The van der Waals surface area contributed by atoms with Crippen molar-refractivity contribution in [2.75, 3.05) is 18.9 Å². The summed E-state index contributed by atoms with van der Waals surface area (Å²) in [6.07, 6.45) is 0.956. The number of hydrogen-bond acceptors (Lipinski definition) is 3. The quantitative estimate of drug-likeness (QED) is 0.841. The van der Waals surface area contributed by atoms with Crippen molar-refractivity contribution in [1.82, 2.24) is 4.90 Å². The molecule has 1 aromatic rings. The highest BCUT2D eigenvalue weighted by atomic mass is 35.5. The van der Waals surface area contributed by atoms with Crippen molar-refractivity contribution in [3.05, 3.63) is 29.3 Å². The summed E-state index contributed by atoms with van der Waals surface area (Å²) in [5.41, 5.74) is 6.21. The van der Waals surface area contributed by atoms with Gasteiger partial charge in [0.15, 0.2) is 0 Å². The van der Waals surface area contributed by atoms with E-state index in [1.165, 1.54) is 4.90 Å². The first kappa shape index (κ1) is 16.5. The molecule has 110 valence electrons. The monoisotopic (exact) mass is 297 g/mol. The van der Waals surface area contributed by atoms with Gasteiger partial charge in [0.05, 0.1) is 6.54 Å². The van der Waals surface area contributed by atoms with Crippen LogP contribution in [0.4, 0.5) is 5.69 Å². The van der Waals surface area contributed by atoms with E-state index in [1.807, 2.05) is 6.92 Å². The minimum Gasteiger partial charge on any atom is -0.336 e. The maximum atomic E-state index is 11.8. The molecular formula is C14H20ClN3O2. The lowest BCUT2D eigenvalue weighted by Crippen LogP contribution is -2.35. The van der Waals surface area contributed by atoms with Crippen LogP contribution in [-0.2, 0) is 9.59 Å². The van der Waals surface area contributed by atoms with Crippen molar-refractivity contribution in [3.63, 3.8) is 0 Å². The van der Waals surface area contributed by atoms with E-state index in [1.54, 1.807) is 31.3 Å². The van der Waals surface area contributed by atoms with Gasteiger partial charge in [-0.3, -0.25) is 9.59 Å². The Kier molecular flexibility index (Phi) is 6.48. The van der Waals surface area contributed by atoms with Crippen LogP contribution in [0, 0.1) is 0 Å². The average Bonchev–Trinajstić information content (AvgIpc) is 2.35. The molecule has 2 amide bonds. The Labute approximate surface area is 124 Å². The van der Waals surface area contributed by atoms with E-state index in [4.69, 9.17) is 17.3 Å². The number of nitrogens with two attached hydrogens (primary N) is 1. The molecule has 20 heavy (non-hydrogen) atoms. The number of carbonyl (C=O) groups excluding carboxylic acids is 2. The molecule has 1 rings (SSSR count). The lowest BCUT2D eigenvalue weighted by molar-refractivity contribution is -0.133. The fraction of sp³-hybridized carbons (Fsp3) is 0.429. The summed E-state index contributed by atoms with van der Waals surface area (Å²) in [6.45, 7) is 1.85. The number of likely N-dealkylation sites (N-methyl/N-ethyl adjacent to an activating group) is 1. The van der Waals surface area contributed by atoms with Crippen molar-refractivity contribution < 1.29 is 9.59 Å². The molecule has 1 atom stereocenters. The standard InChI is InChI=1S/C14H20ClN3O2/c1-10(16)6-7-14(20)18(2)9-13(19)17-12-5-3-4-11(15)8-12/h3-5,8,10H,6-7,9,16H2,1-2H3,(H,17,19). The van der Waals surface area contributed by atoms with E-state index >= 15 is 0 Å². The number of nitrogens with one attached hydrogen (secondary N) is 1. The van der Waals surface area contributed by atoms with Crippen LogP contribution in [0.2, 0.25) is 5.02 Å². The highest BCUT2D eigenvalue weighted by Crippen LogP contribution is 2.14. The molecule has 0 bridgehead atoms. The second-order valence-electron chi connectivity index (χ2n) is 4.82. The summed E-state index contributed by atoms with van der Waals surface area (Å²) in [5, 5.41) is 3.24. The van der Waals surface area contributed by atoms with Crippen molar-refractivity contribution in [3.8, 4) is 0 Å². The Balaban J connectivity index is 2.43. The third-order valence-corrected chi connectivity index (χ3v) is 2.96. The van der Waals surface area contributed by atoms with Gasteiger partial charge in [-0.15, -0.1) is 0 Å². The number of rotatable bonds is 6. The molecule has 6 heteroatoms. The molecule has 0 aliphatic heterocycles. The summed E-state index contributed by atoms with van der Waals surface area (Å²) in [4.78, 5) is 25.0. The molecule has 0 aliphatic rings. The van der Waals surface area contributed by atoms with Gasteiger partial charge in [-0.05, 0) is 31.5 Å². The first-order valence-corrected chi connectivity index (χ1v) is 6.81. The van der Waals surface area contributed by atoms with Crippen molar-refractivity contribution >= 4 is 29.1 Å². The summed E-state index contributed by atoms with van der Waals surface area (Å²) in [6, 6.07) is 6.84. The van der Waals surface area contributed by atoms with Gasteiger partial charge in [0.1, 0.15) is 0 Å². The smallest absolute Gasteiger partial charge is 0.243 e. The number of carbonyl (C=O) groups is 2. The van der Waals surface area contributed by atoms with Gasteiger partial charge in [-0.2, -0.15) is 0 Å². The molecule has 0 heterocycles. The Bertz CT molecular complexity index is 477. The minimum atomic E-state index is -0.260. The third kappa shape index (κ3) is 6.04. The zero-order chi connectivity index (χ0) is 15.1. The van der Waals surface area contributed by atoms with Crippen LogP contribution in [0.5, 0.6) is 0 Å². The van der Waals surface area contributed by atoms with Crippen LogP contribution in [0.15, 0.2) is 24.3 Å². The lowest BCUT2D eigenvalue weighted by atomic mass is 10.2. The SMILES string of the molecule is CC(N)CCC(=O)N(C)CC(=O)Nc1cccc(Cl)c1. The Hall–Kier alpha value is -1.59. The highest BCUT2D eigenvalue weighted by molar-refractivity contribution is 6.30. The summed E-state index contributed by atoms with van der Waals surface area (Å²) >= 11 is 5.83. The number of hydrogen-bond donors (Lipinski definition) is 2. The van der Waals surface area contributed by atoms with E-state index in [0.717, 1.165) is 0 Å². The Morgan fingerprint density at radius 3 is 2.75 bits per heavy atom. The molecule has 3 N–H and O–H groups in total. The first-order chi connectivity index (χ1) is 9.38. The number of amides is 2. The predicted molar refractivity (Wildman–Crippen MR) is 80.6 cm³/mol. The largest absolute Gasteiger partial charge is 0.336 e. The normalized spacial score (nSPS) is 11.8. The second kappa shape index (κ2) is 7.87. The molecule has 0 saturated carbocycles. The van der Waals surface area contributed by atoms with Gasteiger partial charge in [0.25, 0.3) is 0 Å². The zero-order valence-electron chi connectivity index (χ0n) is 11.7. The first-order valence-electron chi connectivity index (χ1n) is 6.43. The molecule has 1 aromatic carbocycles. The molecular weight excluding hydrogens is 278 g/mol. The number of benzene rings is 1. The van der Waals surface area contributed by atoms with Crippen molar-refractivity contribution in [2.45, 2.75) is 25.8 Å². The molecule has 0 saturated heterocycles. The van der Waals surface area contributed by atoms with Crippen LogP contribution >= 0.6 is 11.6 Å². The summed E-state index contributed by atoms with van der Waals surface area (Å²) in [5.74, 6) is -0.354. The third-order valence-electron chi connectivity index (χ3n) is 2.73. The van der Waals surface area contributed by atoms with Crippen molar-refractivity contribution in [2.24, 2.45) is 5.73 Å². The predicted octanol–water partition coefficient (Wildman–Crippen LogP) is 1.86. The van der Waals surface area contributed by atoms with Gasteiger partial charge in [0, 0.05) is 30.2 Å². The Morgan fingerprint density at radius 1 is 1.45 bits per heavy atom. The van der Waals surface area contributed by atoms with Crippen LogP contribution in [0.1, 0.15) is 19.8 Å². The molecule has 0 radical (unpaired) electrons. The van der Waals surface area contributed by atoms with Gasteiger partial charge < -0.3 is 16.0 Å². The summed E-state index contributed by atoms with van der Waals surface area (Å²) in [7, 11) is 1.60. The van der Waals surface area contributed by atoms with E-state index in [0.29, 0.717) is 23.6 Å². The molecule has 0 aliphatic carbocycles. The topological polar surface area (TPSA) is 75.4 Å². The molecule has 1 unspecified atom stereocenters. The zero-order valence-corrected chi connectivity index (χ0v) is 12.5. The fourth-order valence-electron chi connectivity index (χ4n) is 1.61. The number of halogens is 1. The van der Waals surface area contributed by atoms with E-state index in [-0.39, 0.29) is 24.4 Å². The maximum absolute atomic E-state index is 11.8. The van der Waals surface area contributed by atoms with E-state index in [2.05, 4.69) is 5.32 Å². The fourth-order valence-corrected chi connectivity index (χ4v) is 1.80. The number of nitrogens with zero attached hydrogens (tertiary/aromatic N) is 1. The summed E-state index contributed by atoms with van der Waals surface area (Å²) < 4.78 is 0. The van der Waals surface area contributed by atoms with Gasteiger partial charge in [-0.1, -0.05) is 17.7 Å². The van der Waals surface area contributed by atoms with Gasteiger partial charge >= 0.3 is 0 Å². The lowest BCUT2D eigenvalue weighted by Gasteiger charge is -2.17. The number of anilines is 1. The maximum Gasteiger partial charge on any atom is 0.243 e. The van der Waals surface area contributed by atoms with Crippen LogP contribution < -0.4 is 11.1 Å². The molecule has 0 fully saturated rings. The van der Waals surface area contributed by atoms with Crippen molar-refractivity contribution in [1.29, 1.82) is 0 Å². The van der Waals surface area contributed by atoms with E-state index in [9.17, 15) is 9.59 Å². The minimum absolute atomic E-state index is 0.00426.